The molecule has 4 fully saturated rings. The van der Waals surface area contributed by atoms with Crippen LogP contribution < -0.4 is 11.1 Å². The zero-order valence-corrected chi connectivity index (χ0v) is 32.9. The molecule has 0 radical (unpaired) electrons. The third-order valence-electron chi connectivity index (χ3n) is 12.5. The molecule has 4 aliphatic carbocycles. The largest absolute Gasteiger partial charge is 0.354 e. The van der Waals surface area contributed by atoms with E-state index in [4.69, 9.17) is 10.7 Å². The van der Waals surface area contributed by atoms with Gasteiger partial charge in [0.25, 0.3) is 0 Å². The van der Waals surface area contributed by atoms with Gasteiger partial charge in [0.1, 0.15) is 23.0 Å². The summed E-state index contributed by atoms with van der Waals surface area (Å²) in [6.07, 6.45) is 27.9. The number of rotatable bonds is 13. The molecule has 0 atom stereocenters. The van der Waals surface area contributed by atoms with Gasteiger partial charge >= 0.3 is 0 Å². The maximum atomic E-state index is 14.7. The number of halogens is 2. The number of H-pyrrole nitrogens is 1. The fraction of sp³-hybridized carbons (Fsp3) is 0.581. The van der Waals surface area contributed by atoms with Crippen molar-refractivity contribution in [2.24, 2.45) is 43.5 Å². The Morgan fingerprint density at radius 2 is 1.25 bits per heavy atom. The third-order valence-corrected chi connectivity index (χ3v) is 12.5. The Kier molecular flexibility index (Phi) is 12.0. The van der Waals surface area contributed by atoms with Gasteiger partial charge in [-0.15, -0.1) is 0 Å². The van der Waals surface area contributed by atoms with E-state index in [1.165, 1.54) is 49.3 Å². The van der Waals surface area contributed by atoms with Crippen molar-refractivity contribution in [1.82, 2.24) is 49.8 Å². The van der Waals surface area contributed by atoms with Crippen LogP contribution >= 0.6 is 0 Å². The van der Waals surface area contributed by atoms with Crippen LogP contribution in [-0.4, -0.2) is 56.6 Å². The maximum absolute atomic E-state index is 14.7. The van der Waals surface area contributed by atoms with Gasteiger partial charge in [-0.05, 0) is 120 Å². The molecule has 298 valence electrons. The molecule has 56 heavy (non-hydrogen) atoms. The van der Waals surface area contributed by atoms with E-state index in [0.717, 1.165) is 118 Å². The Morgan fingerprint density at radius 3 is 1.84 bits per heavy atom. The number of aromatic amines is 1. The van der Waals surface area contributed by atoms with Crippen LogP contribution in [0.1, 0.15) is 106 Å². The maximum Gasteiger partial charge on any atom is 0.167 e. The predicted molar refractivity (Wildman–Crippen MR) is 212 cm³/mol. The van der Waals surface area contributed by atoms with Gasteiger partial charge in [0, 0.05) is 86.0 Å². The molecular weight excluding hydrogens is 709 g/mol. The fourth-order valence-corrected chi connectivity index (χ4v) is 8.62. The lowest BCUT2D eigenvalue weighted by Gasteiger charge is -2.28. The van der Waals surface area contributed by atoms with Crippen LogP contribution in [0.5, 0.6) is 0 Å². The minimum atomic E-state index is -0.362. The number of hydrogen-bond donors (Lipinski definition) is 3. The Morgan fingerprint density at radius 1 is 0.696 bits per heavy atom. The average molecular weight is 766 g/mol. The molecule has 0 aliphatic heterocycles. The van der Waals surface area contributed by atoms with Crippen molar-refractivity contribution in [1.29, 1.82) is 0 Å². The van der Waals surface area contributed by atoms with E-state index in [-0.39, 0.29) is 11.6 Å². The van der Waals surface area contributed by atoms with E-state index in [9.17, 15) is 8.78 Å². The smallest absolute Gasteiger partial charge is 0.167 e. The van der Waals surface area contributed by atoms with Crippen LogP contribution in [0, 0.1) is 35.3 Å². The number of nitrogens with zero attached hydrogens (tertiary/aromatic N) is 8. The van der Waals surface area contributed by atoms with Gasteiger partial charge in [-0.2, -0.15) is 10.2 Å². The first kappa shape index (κ1) is 38.5. The first-order valence-corrected chi connectivity index (χ1v) is 20.9. The van der Waals surface area contributed by atoms with Crippen molar-refractivity contribution in [3.63, 3.8) is 0 Å². The van der Waals surface area contributed by atoms with E-state index in [0.29, 0.717) is 41.2 Å². The minimum absolute atomic E-state index is 0.320. The van der Waals surface area contributed by atoms with Crippen molar-refractivity contribution < 1.29 is 8.78 Å². The van der Waals surface area contributed by atoms with Crippen LogP contribution in [0.2, 0.25) is 0 Å². The monoisotopic (exact) mass is 765 g/mol. The Balaban J connectivity index is 0.000000161. The standard InChI is InChI=1S/C24H31FN6.C19H26FN5/c1-31-9-8-20(22(31)10-16-2-3-16)24-21(25)15-27-23(30-24)11-17-4-6-19(7-5-17)26-12-18-13-28-29-14-18;1-25-17(8-12-2-3-12)15(10-23-25)19-16(20)11-22-18(24-19)9-13-4-6-14(21)7-5-13/h8-9,13-17,19,26H,2-7,10-12H2,1H3,(H,28,29);10-14H,2-9,21H2,1H3. The number of aromatic nitrogens is 9. The number of aryl methyl sites for hydroxylation is 2. The lowest BCUT2D eigenvalue weighted by atomic mass is 9.84. The molecule has 0 amide bonds. The molecule has 4 saturated carbocycles. The normalized spacial score (nSPS) is 22.5. The molecule has 4 aliphatic rings. The highest BCUT2D eigenvalue weighted by atomic mass is 19.1. The van der Waals surface area contributed by atoms with Gasteiger partial charge < -0.3 is 15.6 Å². The molecule has 9 rings (SSSR count). The van der Waals surface area contributed by atoms with Gasteiger partial charge in [0.15, 0.2) is 11.6 Å². The molecule has 0 spiro atoms. The van der Waals surface area contributed by atoms with Crippen LogP contribution in [0.4, 0.5) is 8.78 Å². The first-order chi connectivity index (χ1) is 27.3. The van der Waals surface area contributed by atoms with E-state index in [1.807, 2.05) is 43.4 Å². The van der Waals surface area contributed by atoms with Crippen molar-refractivity contribution in [3.8, 4) is 22.5 Å². The lowest BCUT2D eigenvalue weighted by molar-refractivity contribution is 0.286. The first-order valence-electron chi connectivity index (χ1n) is 20.9. The van der Waals surface area contributed by atoms with Crippen molar-refractivity contribution in [2.45, 2.75) is 121 Å². The summed E-state index contributed by atoms with van der Waals surface area (Å²) in [4.78, 5) is 17.9. The van der Waals surface area contributed by atoms with Crippen molar-refractivity contribution >= 4 is 0 Å². The highest BCUT2D eigenvalue weighted by Gasteiger charge is 2.29. The zero-order valence-electron chi connectivity index (χ0n) is 32.9. The molecule has 0 bridgehead atoms. The van der Waals surface area contributed by atoms with E-state index < -0.39 is 0 Å². The number of nitrogens with one attached hydrogen (secondary N) is 2. The van der Waals surface area contributed by atoms with Crippen LogP contribution in [0.15, 0.2) is 43.2 Å². The van der Waals surface area contributed by atoms with E-state index >= 15 is 0 Å². The second-order valence-electron chi connectivity index (χ2n) is 17.1. The molecule has 13 heteroatoms. The topological polar surface area (TPSA) is 141 Å². The van der Waals surface area contributed by atoms with Gasteiger partial charge in [-0.25, -0.2) is 28.7 Å². The summed E-state index contributed by atoms with van der Waals surface area (Å²) >= 11 is 0. The second kappa shape index (κ2) is 17.4. The molecule has 4 N–H and O–H groups in total. The van der Waals surface area contributed by atoms with Gasteiger partial charge in [0.05, 0.1) is 24.8 Å². The Bertz CT molecular complexity index is 2030. The van der Waals surface area contributed by atoms with Crippen LogP contribution in [-0.2, 0) is 46.3 Å². The molecule has 0 unspecified atom stereocenters. The van der Waals surface area contributed by atoms with E-state index in [2.05, 4.69) is 40.1 Å². The summed E-state index contributed by atoms with van der Waals surface area (Å²) in [7, 11) is 3.97. The minimum Gasteiger partial charge on any atom is -0.354 e. The summed E-state index contributed by atoms with van der Waals surface area (Å²) in [6.45, 7) is 0.858. The van der Waals surface area contributed by atoms with Gasteiger partial charge in [-0.1, -0.05) is 0 Å². The zero-order chi connectivity index (χ0) is 38.6. The second-order valence-corrected chi connectivity index (χ2v) is 17.1. The molecule has 5 aromatic rings. The quantitative estimate of drug-likeness (QED) is 0.114. The van der Waals surface area contributed by atoms with Crippen molar-refractivity contribution in [3.05, 3.63) is 83.5 Å². The Labute approximate surface area is 328 Å². The molecule has 5 aromatic heterocycles. The summed E-state index contributed by atoms with van der Waals surface area (Å²) in [6, 6.07) is 2.88. The van der Waals surface area contributed by atoms with Crippen LogP contribution in [0.3, 0.4) is 0 Å². The SMILES string of the molecule is Cn1ccc(-c2nc(CC3CCC(NCc4cn[nH]c4)CC3)ncc2F)c1CC1CC1.Cn1ncc(-c2nc(CC3CCC(N)CC3)ncc2F)c1CC1CC1. The number of hydrogen-bond acceptors (Lipinski definition) is 8. The van der Waals surface area contributed by atoms with Gasteiger partial charge in [-0.3, -0.25) is 9.78 Å². The Hall–Kier alpha value is -4.36. The molecule has 11 nitrogen and oxygen atoms in total. The number of nitrogens with two attached hydrogens (primary N) is 1. The molecular formula is C43H57F2N11. The predicted octanol–water partition coefficient (Wildman–Crippen LogP) is 7.22. The summed E-state index contributed by atoms with van der Waals surface area (Å²) in [5.74, 6) is 3.40. The lowest BCUT2D eigenvalue weighted by Crippen LogP contribution is -2.33. The summed E-state index contributed by atoms with van der Waals surface area (Å²) < 4.78 is 33.1. The average Bonchev–Trinajstić information content (AvgIpc) is 4.08. The molecule has 0 aromatic carbocycles. The van der Waals surface area contributed by atoms with Crippen LogP contribution in [0.25, 0.3) is 22.5 Å². The summed E-state index contributed by atoms with van der Waals surface area (Å²) in [5, 5.41) is 14.8. The molecule has 5 heterocycles. The highest BCUT2D eigenvalue weighted by molar-refractivity contribution is 5.63. The van der Waals surface area contributed by atoms with Crippen molar-refractivity contribution in [2.75, 3.05) is 0 Å². The van der Waals surface area contributed by atoms with Gasteiger partial charge in [0.2, 0.25) is 0 Å². The molecule has 0 saturated heterocycles. The highest BCUT2D eigenvalue weighted by Crippen LogP contribution is 2.38. The fourth-order valence-electron chi connectivity index (χ4n) is 8.62. The van der Waals surface area contributed by atoms with E-state index in [1.54, 1.807) is 6.20 Å². The third kappa shape index (κ3) is 9.77. The summed E-state index contributed by atoms with van der Waals surface area (Å²) in [5.41, 5.74) is 12.1.